The molecule has 0 unspecified atom stereocenters. The van der Waals surface area contributed by atoms with Gasteiger partial charge in [-0.3, -0.25) is 9.59 Å². The van der Waals surface area contributed by atoms with Crippen LogP contribution in [-0.4, -0.2) is 22.0 Å². The van der Waals surface area contributed by atoms with Gasteiger partial charge in [0.05, 0.1) is 6.42 Å². The van der Waals surface area contributed by atoms with E-state index in [0.717, 1.165) is 5.56 Å². The second kappa shape index (κ2) is 6.16. The number of carboxylic acids is 1. The highest BCUT2D eigenvalue weighted by atomic mass is 32.1. The zero-order chi connectivity index (χ0) is 14.5. The largest absolute Gasteiger partial charge is 0.481 e. The molecule has 0 spiro atoms. The predicted octanol–water partition coefficient (Wildman–Crippen LogP) is 1.28. The summed E-state index contributed by atoms with van der Waals surface area (Å²) in [5, 5.41) is 13.5. The van der Waals surface area contributed by atoms with E-state index >= 15 is 0 Å². The minimum atomic E-state index is -0.906. The van der Waals surface area contributed by atoms with E-state index in [1.165, 1.54) is 11.3 Å². The lowest BCUT2D eigenvalue weighted by molar-refractivity contribution is -0.136. The molecule has 0 aliphatic heterocycles. The number of thiazole rings is 1. The number of rotatable bonds is 5. The second-order valence-electron chi connectivity index (χ2n) is 4.09. The Hall–Kier alpha value is -2.41. The van der Waals surface area contributed by atoms with E-state index in [-0.39, 0.29) is 24.6 Å². The van der Waals surface area contributed by atoms with Crippen molar-refractivity contribution in [3.05, 3.63) is 46.5 Å². The molecule has 1 amide bonds. The van der Waals surface area contributed by atoms with Crippen molar-refractivity contribution in [3.63, 3.8) is 0 Å². The van der Waals surface area contributed by atoms with Crippen molar-refractivity contribution in [3.8, 4) is 0 Å². The average Bonchev–Trinajstić information content (AvgIpc) is 2.83. The van der Waals surface area contributed by atoms with Crippen LogP contribution in [0.1, 0.15) is 21.6 Å². The molecule has 0 saturated heterocycles. The fraction of sp³-hybridized carbons (Fsp3) is 0.154. The number of carboxylic acid groups (broad SMARTS) is 1. The van der Waals surface area contributed by atoms with Crippen LogP contribution in [-0.2, 0) is 17.8 Å². The van der Waals surface area contributed by atoms with Gasteiger partial charge in [-0.2, -0.15) is 0 Å². The number of hydrogen-bond donors (Lipinski definition) is 3. The van der Waals surface area contributed by atoms with E-state index < -0.39 is 5.97 Å². The summed E-state index contributed by atoms with van der Waals surface area (Å²) in [5.41, 5.74) is 7.18. The lowest BCUT2D eigenvalue weighted by atomic mass is 10.0. The molecule has 0 saturated carbocycles. The lowest BCUT2D eigenvalue weighted by Gasteiger charge is -2.08. The summed E-state index contributed by atoms with van der Waals surface area (Å²) < 4.78 is 0. The number of nitrogens with zero attached hydrogens (tertiary/aromatic N) is 1. The molecule has 20 heavy (non-hydrogen) atoms. The number of aromatic nitrogens is 1. The molecule has 1 aromatic carbocycles. The number of benzene rings is 1. The Labute approximate surface area is 119 Å². The van der Waals surface area contributed by atoms with Crippen LogP contribution in [0.4, 0.5) is 5.13 Å². The van der Waals surface area contributed by atoms with Crippen LogP contribution in [0.2, 0.25) is 0 Å². The van der Waals surface area contributed by atoms with E-state index in [1.54, 1.807) is 29.6 Å². The normalized spacial score (nSPS) is 10.2. The number of nitrogens with two attached hydrogens (primary N) is 1. The summed E-state index contributed by atoms with van der Waals surface area (Å²) in [7, 11) is 0. The van der Waals surface area contributed by atoms with Crippen molar-refractivity contribution >= 4 is 28.3 Å². The van der Waals surface area contributed by atoms with Gasteiger partial charge in [-0.05, 0) is 11.1 Å². The Morgan fingerprint density at radius 3 is 2.60 bits per heavy atom. The topological polar surface area (TPSA) is 105 Å². The van der Waals surface area contributed by atoms with Gasteiger partial charge < -0.3 is 16.2 Å². The standard InChI is InChI=1S/C13H13N3O3S/c14-13-16-10(7-20-13)12(19)15-6-9-4-2-1-3-8(9)5-11(17)18/h1-4,7H,5-6H2,(H2,14,16)(H,15,19)(H,17,18). The molecule has 7 heteroatoms. The molecule has 0 fully saturated rings. The number of aliphatic carboxylic acids is 1. The number of nitrogen functional groups attached to an aromatic ring is 1. The predicted molar refractivity (Wildman–Crippen MR) is 75.5 cm³/mol. The Morgan fingerprint density at radius 2 is 2.00 bits per heavy atom. The van der Waals surface area contributed by atoms with Crippen molar-refractivity contribution in [2.45, 2.75) is 13.0 Å². The minimum absolute atomic E-state index is 0.0737. The molecule has 1 heterocycles. The highest BCUT2D eigenvalue weighted by Gasteiger charge is 2.11. The van der Waals surface area contributed by atoms with Crippen molar-refractivity contribution in [1.29, 1.82) is 0 Å². The maximum Gasteiger partial charge on any atom is 0.307 e. The molecule has 0 radical (unpaired) electrons. The minimum Gasteiger partial charge on any atom is -0.481 e. The van der Waals surface area contributed by atoms with Crippen molar-refractivity contribution < 1.29 is 14.7 Å². The van der Waals surface area contributed by atoms with Crippen LogP contribution in [0.25, 0.3) is 0 Å². The summed E-state index contributed by atoms with van der Waals surface area (Å²) >= 11 is 1.19. The summed E-state index contributed by atoms with van der Waals surface area (Å²) in [6.07, 6.45) is -0.0737. The second-order valence-corrected chi connectivity index (χ2v) is 4.98. The smallest absolute Gasteiger partial charge is 0.307 e. The molecule has 0 aliphatic rings. The molecule has 0 bridgehead atoms. The number of carbonyl (C=O) groups is 2. The van der Waals surface area contributed by atoms with Crippen LogP contribution in [0, 0.1) is 0 Å². The molecule has 1 aromatic heterocycles. The van der Waals surface area contributed by atoms with Gasteiger partial charge in [0.2, 0.25) is 0 Å². The molecular formula is C13H13N3O3S. The Balaban J connectivity index is 2.03. The molecule has 4 N–H and O–H groups in total. The maximum atomic E-state index is 11.8. The Morgan fingerprint density at radius 1 is 1.30 bits per heavy atom. The van der Waals surface area contributed by atoms with Gasteiger partial charge in [0.15, 0.2) is 5.13 Å². The van der Waals surface area contributed by atoms with Gasteiger partial charge in [0, 0.05) is 11.9 Å². The molecule has 6 nitrogen and oxygen atoms in total. The maximum absolute atomic E-state index is 11.8. The van der Waals surface area contributed by atoms with Gasteiger partial charge in [0.25, 0.3) is 5.91 Å². The van der Waals surface area contributed by atoms with E-state index in [4.69, 9.17) is 10.8 Å². The van der Waals surface area contributed by atoms with Gasteiger partial charge in [0.1, 0.15) is 5.69 Å². The molecule has 0 atom stereocenters. The average molecular weight is 291 g/mol. The number of amides is 1. The highest BCUT2D eigenvalue weighted by molar-refractivity contribution is 7.13. The van der Waals surface area contributed by atoms with E-state index in [9.17, 15) is 9.59 Å². The zero-order valence-corrected chi connectivity index (χ0v) is 11.3. The Kier molecular flexibility index (Phi) is 4.31. The first-order chi connectivity index (χ1) is 9.56. The first kappa shape index (κ1) is 14.0. The van der Waals surface area contributed by atoms with Crippen LogP contribution in [0.3, 0.4) is 0 Å². The number of nitrogens with one attached hydrogen (secondary N) is 1. The van der Waals surface area contributed by atoms with Crippen LogP contribution in [0.15, 0.2) is 29.6 Å². The number of carbonyl (C=O) groups excluding carboxylic acids is 1. The van der Waals surface area contributed by atoms with Crippen molar-refractivity contribution in [2.24, 2.45) is 0 Å². The third kappa shape index (κ3) is 3.55. The molecular weight excluding hydrogens is 278 g/mol. The monoisotopic (exact) mass is 291 g/mol. The van der Waals surface area contributed by atoms with Crippen LogP contribution in [0.5, 0.6) is 0 Å². The highest BCUT2D eigenvalue weighted by Crippen LogP contribution is 2.12. The third-order valence-electron chi connectivity index (χ3n) is 2.65. The fourth-order valence-electron chi connectivity index (χ4n) is 1.72. The van der Waals surface area contributed by atoms with Gasteiger partial charge in [-0.25, -0.2) is 4.98 Å². The number of hydrogen-bond acceptors (Lipinski definition) is 5. The van der Waals surface area contributed by atoms with Crippen LogP contribution >= 0.6 is 11.3 Å². The molecule has 104 valence electrons. The van der Waals surface area contributed by atoms with E-state index in [0.29, 0.717) is 10.7 Å². The van der Waals surface area contributed by atoms with E-state index in [1.807, 2.05) is 0 Å². The number of anilines is 1. The Bertz CT molecular complexity index is 639. The zero-order valence-electron chi connectivity index (χ0n) is 10.5. The third-order valence-corrected chi connectivity index (χ3v) is 3.33. The van der Waals surface area contributed by atoms with Gasteiger partial charge in [-0.15, -0.1) is 11.3 Å². The summed E-state index contributed by atoms with van der Waals surface area (Å²) in [5.74, 6) is -1.24. The summed E-state index contributed by atoms with van der Waals surface area (Å²) in [6.45, 7) is 0.250. The van der Waals surface area contributed by atoms with Crippen molar-refractivity contribution in [1.82, 2.24) is 10.3 Å². The van der Waals surface area contributed by atoms with Gasteiger partial charge in [-0.1, -0.05) is 24.3 Å². The van der Waals surface area contributed by atoms with Crippen LogP contribution < -0.4 is 11.1 Å². The molecule has 2 rings (SSSR count). The van der Waals surface area contributed by atoms with E-state index in [2.05, 4.69) is 10.3 Å². The molecule has 2 aromatic rings. The SMILES string of the molecule is Nc1nc(C(=O)NCc2ccccc2CC(=O)O)cs1. The lowest BCUT2D eigenvalue weighted by Crippen LogP contribution is -2.24. The first-order valence-corrected chi connectivity index (χ1v) is 6.72. The fourth-order valence-corrected chi connectivity index (χ4v) is 2.27. The quantitative estimate of drug-likeness (QED) is 0.769. The summed E-state index contributed by atoms with van der Waals surface area (Å²) in [6, 6.07) is 7.09. The van der Waals surface area contributed by atoms with Crippen molar-refractivity contribution in [2.75, 3.05) is 5.73 Å². The summed E-state index contributed by atoms with van der Waals surface area (Å²) in [4.78, 5) is 26.5. The molecule has 0 aliphatic carbocycles. The van der Waals surface area contributed by atoms with Gasteiger partial charge >= 0.3 is 5.97 Å². The first-order valence-electron chi connectivity index (χ1n) is 5.84.